The van der Waals surface area contributed by atoms with Gasteiger partial charge >= 0.3 is 0 Å². The molecule has 4 nitrogen and oxygen atoms in total. The van der Waals surface area contributed by atoms with Gasteiger partial charge in [0.1, 0.15) is 5.82 Å². The van der Waals surface area contributed by atoms with Crippen molar-refractivity contribution in [3.8, 4) is 0 Å². The van der Waals surface area contributed by atoms with Gasteiger partial charge in [-0.2, -0.15) is 0 Å². The summed E-state index contributed by atoms with van der Waals surface area (Å²) in [5.74, 6) is 2.03. The number of hydrogen-bond acceptors (Lipinski definition) is 4. The van der Waals surface area contributed by atoms with Crippen LogP contribution in [0.5, 0.6) is 0 Å². The SMILES string of the molecule is CN(c1ccccn1)C1CCN(C(=O)CSC2CCCC2)CC1. The fourth-order valence-electron chi connectivity index (χ4n) is 3.59. The fourth-order valence-corrected chi connectivity index (χ4v) is 4.81. The van der Waals surface area contributed by atoms with Gasteiger partial charge in [-0.05, 0) is 37.8 Å². The molecule has 0 aromatic carbocycles. The molecule has 2 heterocycles. The predicted molar refractivity (Wildman–Crippen MR) is 97.0 cm³/mol. The fraction of sp³-hybridized carbons (Fsp3) is 0.667. The Hall–Kier alpha value is -1.23. The first-order chi connectivity index (χ1) is 11.2. The molecule has 0 radical (unpaired) electrons. The van der Waals surface area contributed by atoms with Gasteiger partial charge < -0.3 is 9.80 Å². The number of anilines is 1. The molecule has 1 aromatic rings. The molecule has 0 atom stereocenters. The minimum absolute atomic E-state index is 0.334. The molecule has 0 N–H and O–H groups in total. The first kappa shape index (κ1) is 16.6. The number of aromatic nitrogens is 1. The van der Waals surface area contributed by atoms with E-state index in [2.05, 4.69) is 27.9 Å². The van der Waals surface area contributed by atoms with Gasteiger partial charge in [0.05, 0.1) is 5.75 Å². The zero-order valence-corrected chi connectivity index (χ0v) is 14.8. The van der Waals surface area contributed by atoms with Crippen molar-refractivity contribution >= 4 is 23.5 Å². The van der Waals surface area contributed by atoms with E-state index in [0.717, 1.165) is 37.0 Å². The Balaban J connectivity index is 1.43. The van der Waals surface area contributed by atoms with Crippen LogP contribution in [0.4, 0.5) is 5.82 Å². The van der Waals surface area contributed by atoms with E-state index in [9.17, 15) is 4.79 Å². The molecule has 23 heavy (non-hydrogen) atoms. The second-order valence-corrected chi connectivity index (χ2v) is 7.92. The van der Waals surface area contributed by atoms with Gasteiger partial charge in [0.2, 0.25) is 5.91 Å². The smallest absolute Gasteiger partial charge is 0.232 e. The standard InChI is InChI=1S/C18H27N3OS/c1-20(17-8-4-5-11-19-17)15-9-12-21(13-10-15)18(22)14-23-16-6-2-3-7-16/h4-5,8,11,15-16H,2-3,6-7,9-10,12-14H2,1H3. The first-order valence-electron chi connectivity index (χ1n) is 8.77. The highest BCUT2D eigenvalue weighted by Gasteiger charge is 2.26. The third-order valence-corrected chi connectivity index (χ3v) is 6.48. The van der Waals surface area contributed by atoms with Crippen LogP contribution in [0.1, 0.15) is 38.5 Å². The van der Waals surface area contributed by atoms with Crippen LogP contribution in [0.3, 0.4) is 0 Å². The summed E-state index contributed by atoms with van der Waals surface area (Å²) in [6.07, 6.45) is 9.20. The number of likely N-dealkylation sites (tertiary alicyclic amines) is 1. The number of amides is 1. The van der Waals surface area contributed by atoms with Gasteiger partial charge in [0.15, 0.2) is 0 Å². The van der Waals surface area contributed by atoms with Crippen molar-refractivity contribution in [2.75, 3.05) is 30.8 Å². The second kappa shape index (κ2) is 8.04. The van der Waals surface area contributed by atoms with Crippen molar-refractivity contribution < 1.29 is 4.79 Å². The summed E-state index contributed by atoms with van der Waals surface area (Å²) in [7, 11) is 2.11. The molecule has 1 aromatic heterocycles. The minimum atomic E-state index is 0.334. The highest BCUT2D eigenvalue weighted by Crippen LogP contribution is 2.29. The number of piperidine rings is 1. The number of hydrogen-bond donors (Lipinski definition) is 0. The van der Waals surface area contributed by atoms with Crippen LogP contribution in [-0.4, -0.2) is 53.0 Å². The summed E-state index contributed by atoms with van der Waals surface area (Å²) in [4.78, 5) is 21.1. The van der Waals surface area contributed by atoms with Crippen LogP contribution in [0.25, 0.3) is 0 Å². The number of thioether (sulfide) groups is 1. The number of carbonyl (C=O) groups is 1. The van der Waals surface area contributed by atoms with Gasteiger partial charge in [-0.15, -0.1) is 11.8 Å². The van der Waals surface area contributed by atoms with Crippen LogP contribution in [0.2, 0.25) is 0 Å². The summed E-state index contributed by atoms with van der Waals surface area (Å²) in [6, 6.07) is 6.50. The molecule has 1 aliphatic carbocycles. The Bertz CT molecular complexity index is 496. The highest BCUT2D eigenvalue weighted by molar-refractivity contribution is 8.00. The summed E-state index contributed by atoms with van der Waals surface area (Å²) in [5.41, 5.74) is 0. The molecular weight excluding hydrogens is 306 g/mol. The van der Waals surface area contributed by atoms with Crippen molar-refractivity contribution in [1.29, 1.82) is 0 Å². The molecule has 2 fully saturated rings. The lowest BCUT2D eigenvalue weighted by Gasteiger charge is -2.37. The van der Waals surface area contributed by atoms with Crippen molar-refractivity contribution in [2.24, 2.45) is 0 Å². The quantitative estimate of drug-likeness (QED) is 0.829. The van der Waals surface area contributed by atoms with E-state index in [-0.39, 0.29) is 0 Å². The van der Waals surface area contributed by atoms with E-state index in [4.69, 9.17) is 0 Å². The van der Waals surface area contributed by atoms with Gasteiger partial charge in [-0.3, -0.25) is 4.79 Å². The molecule has 2 aliphatic rings. The monoisotopic (exact) mass is 333 g/mol. The average molecular weight is 334 g/mol. The Kier molecular flexibility index (Phi) is 5.81. The molecule has 5 heteroatoms. The van der Waals surface area contributed by atoms with Crippen LogP contribution in [0.15, 0.2) is 24.4 Å². The first-order valence-corrected chi connectivity index (χ1v) is 9.82. The van der Waals surface area contributed by atoms with Crippen molar-refractivity contribution in [1.82, 2.24) is 9.88 Å². The molecule has 126 valence electrons. The summed E-state index contributed by atoms with van der Waals surface area (Å²) >= 11 is 1.88. The van der Waals surface area contributed by atoms with E-state index in [0.29, 0.717) is 17.7 Å². The molecule has 1 amide bonds. The van der Waals surface area contributed by atoms with Gasteiger partial charge in [0, 0.05) is 37.6 Å². The summed E-state index contributed by atoms with van der Waals surface area (Å²) < 4.78 is 0. The number of nitrogens with zero attached hydrogens (tertiary/aromatic N) is 3. The van der Waals surface area contributed by atoms with Crippen LogP contribution >= 0.6 is 11.8 Å². The van der Waals surface area contributed by atoms with E-state index in [1.165, 1.54) is 25.7 Å². The molecule has 3 rings (SSSR count). The largest absolute Gasteiger partial charge is 0.357 e. The summed E-state index contributed by atoms with van der Waals surface area (Å²) in [6.45, 7) is 1.76. The molecule has 0 unspecified atom stereocenters. The van der Waals surface area contributed by atoms with Gasteiger partial charge in [-0.1, -0.05) is 18.9 Å². The minimum Gasteiger partial charge on any atom is -0.357 e. The molecule has 1 saturated heterocycles. The van der Waals surface area contributed by atoms with Gasteiger partial charge in [-0.25, -0.2) is 4.98 Å². The zero-order valence-electron chi connectivity index (χ0n) is 14.0. The molecular formula is C18H27N3OS. The lowest BCUT2D eigenvalue weighted by molar-refractivity contribution is -0.129. The maximum Gasteiger partial charge on any atom is 0.232 e. The maximum atomic E-state index is 12.4. The third kappa shape index (κ3) is 4.40. The Morgan fingerprint density at radius 1 is 1.26 bits per heavy atom. The van der Waals surface area contributed by atoms with Crippen LogP contribution in [0, 0.1) is 0 Å². The average Bonchev–Trinajstić information content (AvgIpc) is 3.13. The predicted octanol–water partition coefficient (Wildman–Crippen LogP) is 3.18. The Labute approximate surface area is 143 Å². The second-order valence-electron chi connectivity index (χ2n) is 6.63. The topological polar surface area (TPSA) is 36.4 Å². The summed E-state index contributed by atoms with van der Waals surface area (Å²) in [5, 5.41) is 0.728. The lowest BCUT2D eigenvalue weighted by atomic mass is 10.0. The van der Waals surface area contributed by atoms with E-state index < -0.39 is 0 Å². The Morgan fingerprint density at radius 3 is 2.65 bits per heavy atom. The number of pyridine rings is 1. The lowest BCUT2D eigenvalue weighted by Crippen LogP contribution is -2.46. The zero-order chi connectivity index (χ0) is 16.1. The third-order valence-electron chi connectivity index (χ3n) is 5.12. The molecule has 0 bridgehead atoms. The van der Waals surface area contributed by atoms with Crippen molar-refractivity contribution in [2.45, 2.75) is 49.8 Å². The van der Waals surface area contributed by atoms with Crippen molar-refractivity contribution in [3.63, 3.8) is 0 Å². The normalized spacial score (nSPS) is 20.0. The Morgan fingerprint density at radius 2 is 2.00 bits per heavy atom. The van der Waals surface area contributed by atoms with E-state index >= 15 is 0 Å². The molecule has 0 spiro atoms. The van der Waals surface area contributed by atoms with E-state index in [1.54, 1.807) is 0 Å². The number of rotatable bonds is 5. The van der Waals surface area contributed by atoms with Crippen LogP contribution < -0.4 is 4.90 Å². The van der Waals surface area contributed by atoms with E-state index in [1.807, 2.05) is 30.1 Å². The van der Waals surface area contributed by atoms with Crippen LogP contribution in [-0.2, 0) is 4.79 Å². The highest BCUT2D eigenvalue weighted by atomic mass is 32.2. The number of carbonyl (C=O) groups excluding carboxylic acids is 1. The van der Waals surface area contributed by atoms with Crippen molar-refractivity contribution in [3.05, 3.63) is 24.4 Å². The maximum absolute atomic E-state index is 12.4. The molecule has 1 aliphatic heterocycles. The molecule has 1 saturated carbocycles. The van der Waals surface area contributed by atoms with Gasteiger partial charge in [0.25, 0.3) is 0 Å².